The summed E-state index contributed by atoms with van der Waals surface area (Å²) in [6.45, 7) is 11.1. The molecule has 2 nitrogen and oxygen atoms in total. The lowest BCUT2D eigenvalue weighted by molar-refractivity contribution is -0.0486. The molecule has 2 N–H and O–H groups in total. The van der Waals surface area contributed by atoms with E-state index >= 15 is 0 Å². The average Bonchev–Trinajstić information content (AvgIpc) is 2.16. The van der Waals surface area contributed by atoms with Crippen LogP contribution in [0.3, 0.4) is 0 Å². The van der Waals surface area contributed by atoms with Crippen LogP contribution in [0.2, 0.25) is 0 Å². The van der Waals surface area contributed by atoms with Crippen LogP contribution in [-0.2, 0) is 0 Å². The van der Waals surface area contributed by atoms with E-state index in [0.29, 0.717) is 5.92 Å². The first kappa shape index (κ1) is 14.0. The van der Waals surface area contributed by atoms with E-state index < -0.39 is 0 Å². The van der Waals surface area contributed by atoms with Crippen molar-refractivity contribution in [3.63, 3.8) is 0 Å². The van der Waals surface area contributed by atoms with Gasteiger partial charge in [0.05, 0.1) is 0 Å². The lowest BCUT2D eigenvalue weighted by Crippen LogP contribution is -2.58. The Morgan fingerprint density at radius 3 is 2.31 bits per heavy atom. The third-order valence-electron chi connectivity index (χ3n) is 4.29. The Labute approximate surface area is 101 Å². The lowest BCUT2D eigenvalue weighted by atomic mass is 9.70. The Morgan fingerprint density at radius 1 is 1.31 bits per heavy atom. The van der Waals surface area contributed by atoms with Crippen LogP contribution in [0.25, 0.3) is 0 Å². The third-order valence-corrected chi connectivity index (χ3v) is 4.29. The second kappa shape index (κ2) is 5.05. The Balaban J connectivity index is 2.69. The molecular weight excluding hydrogens is 198 g/mol. The summed E-state index contributed by atoms with van der Waals surface area (Å²) in [6, 6.07) is 0. The molecule has 1 fully saturated rings. The van der Waals surface area contributed by atoms with E-state index in [9.17, 15) is 5.11 Å². The molecule has 0 bridgehead atoms. The predicted molar refractivity (Wildman–Crippen MR) is 69.3 cm³/mol. The van der Waals surface area contributed by atoms with E-state index in [-0.39, 0.29) is 17.2 Å². The van der Waals surface area contributed by atoms with E-state index in [2.05, 4.69) is 39.9 Å². The zero-order chi connectivity index (χ0) is 12.4. The maximum atomic E-state index is 10.3. The van der Waals surface area contributed by atoms with Crippen molar-refractivity contribution in [2.45, 2.75) is 78.5 Å². The van der Waals surface area contributed by atoms with Crippen LogP contribution in [-0.4, -0.2) is 16.9 Å². The van der Waals surface area contributed by atoms with Gasteiger partial charge < -0.3 is 5.11 Å². The van der Waals surface area contributed by atoms with Crippen LogP contribution in [0.1, 0.15) is 66.7 Å². The minimum atomic E-state index is -0.333. The van der Waals surface area contributed by atoms with Crippen LogP contribution in [0.4, 0.5) is 0 Å². The number of piperidine rings is 1. The number of rotatable bonds is 3. The van der Waals surface area contributed by atoms with E-state index in [4.69, 9.17) is 0 Å². The van der Waals surface area contributed by atoms with Crippen molar-refractivity contribution >= 4 is 0 Å². The summed E-state index contributed by atoms with van der Waals surface area (Å²) in [6.07, 6.45) is 5.50. The van der Waals surface area contributed by atoms with Gasteiger partial charge in [0.2, 0.25) is 0 Å². The summed E-state index contributed by atoms with van der Waals surface area (Å²) in [5.41, 5.74) is 0.383. The van der Waals surface area contributed by atoms with Crippen molar-refractivity contribution in [1.82, 2.24) is 5.32 Å². The molecule has 0 aromatic rings. The Kier molecular flexibility index (Phi) is 4.42. The summed E-state index contributed by atoms with van der Waals surface area (Å²) >= 11 is 0. The van der Waals surface area contributed by atoms with Gasteiger partial charge in [0.15, 0.2) is 0 Å². The van der Waals surface area contributed by atoms with Gasteiger partial charge in [-0.25, -0.2) is 0 Å². The molecule has 0 aromatic heterocycles. The average molecular weight is 227 g/mol. The maximum Gasteiger partial charge on any atom is 0.108 e. The molecule has 16 heavy (non-hydrogen) atoms. The topological polar surface area (TPSA) is 32.3 Å². The highest BCUT2D eigenvalue weighted by Gasteiger charge is 2.41. The van der Waals surface area contributed by atoms with E-state index in [0.717, 1.165) is 12.8 Å². The first-order chi connectivity index (χ1) is 7.34. The van der Waals surface area contributed by atoms with Gasteiger partial charge in [-0.2, -0.15) is 0 Å². The first-order valence-corrected chi connectivity index (χ1v) is 6.80. The van der Waals surface area contributed by atoms with E-state index in [1.54, 1.807) is 0 Å². The normalized spacial score (nSPS) is 36.4. The molecule has 2 heteroatoms. The van der Waals surface area contributed by atoms with Crippen LogP contribution in [0.5, 0.6) is 0 Å². The fraction of sp³-hybridized carbons (Fsp3) is 1.00. The highest BCUT2D eigenvalue weighted by Crippen LogP contribution is 2.40. The zero-order valence-electron chi connectivity index (χ0n) is 11.6. The van der Waals surface area contributed by atoms with Gasteiger partial charge in [0, 0.05) is 11.5 Å². The molecule has 1 aliphatic rings. The van der Waals surface area contributed by atoms with Gasteiger partial charge >= 0.3 is 0 Å². The number of aliphatic hydroxyl groups excluding tert-OH is 1. The summed E-state index contributed by atoms with van der Waals surface area (Å²) in [7, 11) is 0. The Bertz CT molecular complexity index is 221. The van der Waals surface area contributed by atoms with Crippen LogP contribution in [0, 0.1) is 11.3 Å². The summed E-state index contributed by atoms with van der Waals surface area (Å²) in [5.74, 6) is 0.379. The minimum Gasteiger partial charge on any atom is -0.378 e. The van der Waals surface area contributed by atoms with E-state index in [1.165, 1.54) is 19.3 Å². The van der Waals surface area contributed by atoms with Gasteiger partial charge in [0.1, 0.15) is 6.23 Å². The summed E-state index contributed by atoms with van der Waals surface area (Å²) in [4.78, 5) is 0. The lowest BCUT2D eigenvalue weighted by Gasteiger charge is -2.48. The molecule has 1 aliphatic heterocycles. The smallest absolute Gasteiger partial charge is 0.108 e. The predicted octanol–water partition coefficient (Wildman–Crippen LogP) is 3.30. The third kappa shape index (κ3) is 2.98. The van der Waals surface area contributed by atoms with Crippen LogP contribution in [0.15, 0.2) is 0 Å². The molecule has 1 heterocycles. The molecule has 0 saturated carbocycles. The molecule has 1 rings (SSSR count). The number of hydrogen-bond donors (Lipinski definition) is 2. The fourth-order valence-corrected chi connectivity index (χ4v) is 3.11. The SMILES string of the molecule is CCCC1(CC)CCC(C(C)(C)C)C(O)N1. The monoisotopic (exact) mass is 227 g/mol. The maximum absolute atomic E-state index is 10.3. The summed E-state index contributed by atoms with van der Waals surface area (Å²) < 4.78 is 0. The van der Waals surface area contributed by atoms with Crippen molar-refractivity contribution < 1.29 is 5.11 Å². The molecular formula is C14H29NO. The largest absolute Gasteiger partial charge is 0.378 e. The van der Waals surface area contributed by atoms with Crippen molar-refractivity contribution in [1.29, 1.82) is 0 Å². The molecule has 0 radical (unpaired) electrons. The molecule has 0 aromatic carbocycles. The van der Waals surface area contributed by atoms with Gasteiger partial charge in [-0.1, -0.05) is 41.0 Å². The van der Waals surface area contributed by atoms with Crippen LogP contribution < -0.4 is 5.32 Å². The highest BCUT2D eigenvalue weighted by molar-refractivity contribution is 4.96. The zero-order valence-corrected chi connectivity index (χ0v) is 11.6. The van der Waals surface area contributed by atoms with Gasteiger partial charge in [-0.05, 0) is 31.1 Å². The molecule has 0 aliphatic carbocycles. The van der Waals surface area contributed by atoms with Crippen molar-refractivity contribution in [3.8, 4) is 0 Å². The minimum absolute atomic E-state index is 0.190. The number of aliphatic hydroxyl groups is 1. The van der Waals surface area contributed by atoms with Gasteiger partial charge in [-0.3, -0.25) is 5.32 Å². The fourth-order valence-electron chi connectivity index (χ4n) is 3.11. The molecule has 3 atom stereocenters. The Hall–Kier alpha value is -0.0800. The van der Waals surface area contributed by atoms with Crippen molar-refractivity contribution in [2.24, 2.45) is 11.3 Å². The summed E-state index contributed by atoms with van der Waals surface area (Å²) in [5, 5.41) is 13.8. The Morgan fingerprint density at radius 2 is 1.94 bits per heavy atom. The molecule has 3 unspecified atom stereocenters. The molecule has 96 valence electrons. The molecule has 0 spiro atoms. The number of nitrogens with one attached hydrogen (secondary N) is 1. The quantitative estimate of drug-likeness (QED) is 0.775. The molecule has 1 saturated heterocycles. The van der Waals surface area contributed by atoms with Crippen molar-refractivity contribution in [2.75, 3.05) is 0 Å². The number of hydrogen-bond acceptors (Lipinski definition) is 2. The molecule has 0 amide bonds. The van der Waals surface area contributed by atoms with E-state index in [1.807, 2.05) is 0 Å². The van der Waals surface area contributed by atoms with Gasteiger partial charge in [0.25, 0.3) is 0 Å². The van der Waals surface area contributed by atoms with Gasteiger partial charge in [-0.15, -0.1) is 0 Å². The van der Waals surface area contributed by atoms with Crippen molar-refractivity contribution in [3.05, 3.63) is 0 Å². The first-order valence-electron chi connectivity index (χ1n) is 6.80. The van der Waals surface area contributed by atoms with Crippen LogP contribution >= 0.6 is 0 Å². The second-order valence-corrected chi connectivity index (χ2v) is 6.48. The standard InChI is InChI=1S/C14H29NO/c1-6-9-14(7-2)10-8-11(12(16)15-14)13(3,4)5/h11-12,15-16H,6-10H2,1-5H3. The second-order valence-electron chi connectivity index (χ2n) is 6.48. The highest BCUT2D eigenvalue weighted by atomic mass is 16.3.